The highest BCUT2D eigenvalue weighted by molar-refractivity contribution is 8.00. The molecule has 2 aromatic carbocycles. The molecular weight excluding hydrogens is 495 g/mol. The fraction of sp³-hybridized carbons (Fsp3) is 0.400. The molecule has 4 aliphatic rings. The third kappa shape index (κ3) is 3.28. The molecule has 1 N–H and O–H groups in total. The number of hydrogen-bond donors (Lipinski definition) is 1. The molecule has 0 aromatic heterocycles. The summed E-state index contributed by atoms with van der Waals surface area (Å²) in [4.78, 5) is 26.5. The van der Waals surface area contributed by atoms with Crippen LogP contribution in [-0.4, -0.2) is 39.2 Å². The Morgan fingerprint density at radius 3 is 2.76 bits per heavy atom. The van der Waals surface area contributed by atoms with Crippen molar-refractivity contribution in [2.24, 2.45) is 11.8 Å². The minimum atomic E-state index is -0.842. The van der Waals surface area contributed by atoms with E-state index < -0.39 is 12.0 Å². The van der Waals surface area contributed by atoms with E-state index in [9.17, 15) is 20.0 Å². The first kappa shape index (κ1) is 22.3. The van der Waals surface area contributed by atoms with Crippen molar-refractivity contribution in [3.05, 3.63) is 74.8 Å². The average Bonchev–Trinajstić information content (AvgIpc) is 3.38. The lowest BCUT2D eigenvalue weighted by Gasteiger charge is -2.49. The SMILES string of the molecule is O=C(O)[C@@H]1[C@H]2C[C@H](Sc3ccccc3[N+](=O)[O-])[C@@H](Cl)[C@H]2c2cc(Cl)cc3c2N1C[C@H]1CC=C[C@H]31. The third-order valence-corrected chi connectivity index (χ3v) is 10.2. The summed E-state index contributed by atoms with van der Waals surface area (Å²) in [5.41, 5.74) is 3.14. The van der Waals surface area contributed by atoms with Gasteiger partial charge in [-0.2, -0.15) is 0 Å². The number of nitro groups is 1. The predicted octanol–water partition coefficient (Wildman–Crippen LogP) is 6.07. The molecule has 2 aliphatic carbocycles. The second-order valence-corrected chi connectivity index (χ2v) is 11.8. The van der Waals surface area contributed by atoms with E-state index in [1.54, 1.807) is 18.2 Å². The second kappa shape index (κ2) is 8.18. The number of para-hydroxylation sites is 1. The zero-order chi connectivity index (χ0) is 23.7. The smallest absolute Gasteiger partial charge is 0.326 e. The number of allylic oxidation sites excluding steroid dienone is 2. The maximum Gasteiger partial charge on any atom is 0.326 e. The summed E-state index contributed by atoms with van der Waals surface area (Å²) in [6, 6.07) is 9.90. The van der Waals surface area contributed by atoms with E-state index in [2.05, 4.69) is 17.1 Å². The van der Waals surface area contributed by atoms with Crippen LogP contribution in [0.5, 0.6) is 0 Å². The number of aliphatic carboxylic acids is 1. The summed E-state index contributed by atoms with van der Waals surface area (Å²) < 4.78 is 0. The van der Waals surface area contributed by atoms with E-state index in [0.29, 0.717) is 28.8 Å². The van der Waals surface area contributed by atoms with Crippen LogP contribution in [0.3, 0.4) is 0 Å². The molecular formula is C25H22Cl2N2O4S. The minimum Gasteiger partial charge on any atom is -0.480 e. The van der Waals surface area contributed by atoms with Crippen molar-refractivity contribution in [2.45, 2.75) is 46.2 Å². The van der Waals surface area contributed by atoms with E-state index in [0.717, 1.165) is 23.2 Å². The Morgan fingerprint density at radius 1 is 1.24 bits per heavy atom. The van der Waals surface area contributed by atoms with Crippen LogP contribution in [0.4, 0.5) is 11.4 Å². The second-order valence-electron chi connectivity index (χ2n) is 9.57. The summed E-state index contributed by atoms with van der Waals surface area (Å²) in [7, 11) is 0. The molecule has 0 radical (unpaired) electrons. The highest BCUT2D eigenvalue weighted by Gasteiger charge is 2.56. The van der Waals surface area contributed by atoms with Crippen LogP contribution in [0, 0.1) is 22.0 Å². The average molecular weight is 517 g/mol. The molecule has 1 saturated carbocycles. The van der Waals surface area contributed by atoms with Gasteiger partial charge in [-0.1, -0.05) is 35.9 Å². The predicted molar refractivity (Wildman–Crippen MR) is 133 cm³/mol. The largest absolute Gasteiger partial charge is 0.480 e. The van der Waals surface area contributed by atoms with Gasteiger partial charge >= 0.3 is 5.97 Å². The van der Waals surface area contributed by atoms with Crippen molar-refractivity contribution >= 4 is 52.3 Å². The van der Waals surface area contributed by atoms with Gasteiger partial charge in [0, 0.05) is 40.4 Å². The molecule has 34 heavy (non-hydrogen) atoms. The van der Waals surface area contributed by atoms with Gasteiger partial charge in [-0.05, 0) is 54.0 Å². The first-order chi connectivity index (χ1) is 16.3. The topological polar surface area (TPSA) is 83.7 Å². The minimum absolute atomic E-state index is 0.0471. The van der Waals surface area contributed by atoms with Gasteiger partial charge in [0.1, 0.15) is 6.04 Å². The first-order valence-electron chi connectivity index (χ1n) is 11.4. The highest BCUT2D eigenvalue weighted by atomic mass is 35.5. The van der Waals surface area contributed by atoms with Crippen molar-refractivity contribution in [3.63, 3.8) is 0 Å². The van der Waals surface area contributed by atoms with Gasteiger partial charge in [0.05, 0.1) is 15.2 Å². The van der Waals surface area contributed by atoms with Gasteiger partial charge in [-0.25, -0.2) is 4.79 Å². The van der Waals surface area contributed by atoms with Crippen LogP contribution in [0.1, 0.15) is 35.8 Å². The van der Waals surface area contributed by atoms with Crippen LogP contribution < -0.4 is 4.90 Å². The van der Waals surface area contributed by atoms with Gasteiger partial charge in [0.2, 0.25) is 0 Å². The van der Waals surface area contributed by atoms with Crippen molar-refractivity contribution in [3.8, 4) is 0 Å². The fourth-order valence-corrected chi connectivity index (χ4v) is 8.78. The number of halogens is 2. The number of benzene rings is 2. The van der Waals surface area contributed by atoms with Crippen LogP contribution in [0.15, 0.2) is 53.4 Å². The molecule has 0 saturated heterocycles. The molecule has 9 heteroatoms. The lowest BCUT2D eigenvalue weighted by Crippen LogP contribution is -2.55. The number of carboxylic acids is 1. The van der Waals surface area contributed by atoms with E-state index in [1.165, 1.54) is 17.8 Å². The summed E-state index contributed by atoms with van der Waals surface area (Å²) in [6.45, 7) is 0.689. The maximum absolute atomic E-state index is 12.7. The quantitative estimate of drug-likeness (QED) is 0.230. The maximum atomic E-state index is 12.7. The zero-order valence-corrected chi connectivity index (χ0v) is 20.3. The molecule has 6 rings (SSSR count). The zero-order valence-electron chi connectivity index (χ0n) is 18.0. The molecule has 6 nitrogen and oxygen atoms in total. The Labute approximate surface area is 211 Å². The standard InChI is InChI=1S/C25H22Cl2N2O4S/c26-13-8-15-14-5-3-4-12(14)11-28-23(15)16(9-13)21-17(24(28)25(30)31)10-20(22(21)27)34-19-7-2-1-6-18(19)29(32)33/h1-3,5-9,12,14,17,20-22,24H,4,10-11H2,(H,30,31)/t12-,14+,17+,20+,21+,22-,24+/m1/s1. The van der Waals surface area contributed by atoms with Gasteiger partial charge in [0.15, 0.2) is 0 Å². The van der Waals surface area contributed by atoms with Crippen LogP contribution in [-0.2, 0) is 4.79 Å². The Bertz CT molecular complexity index is 1240. The number of anilines is 1. The Balaban J connectivity index is 1.45. The van der Waals surface area contributed by atoms with Crippen molar-refractivity contribution in [2.75, 3.05) is 11.4 Å². The van der Waals surface area contributed by atoms with Crippen LogP contribution in [0.2, 0.25) is 5.02 Å². The number of rotatable bonds is 4. The fourth-order valence-electron chi connectivity index (χ4n) is 6.60. The molecule has 7 atom stereocenters. The number of carboxylic acid groups (broad SMARTS) is 1. The summed E-state index contributed by atoms with van der Waals surface area (Å²) in [5, 5.41) is 22.0. The molecule has 0 unspecified atom stereocenters. The van der Waals surface area contributed by atoms with E-state index in [4.69, 9.17) is 23.2 Å². The molecule has 2 heterocycles. The van der Waals surface area contributed by atoms with Crippen molar-refractivity contribution in [1.82, 2.24) is 0 Å². The lowest BCUT2D eigenvalue weighted by molar-refractivity contribution is -0.387. The highest BCUT2D eigenvalue weighted by Crippen LogP contribution is 2.60. The van der Waals surface area contributed by atoms with Gasteiger partial charge in [0.25, 0.3) is 5.69 Å². The summed E-state index contributed by atoms with van der Waals surface area (Å²) in [5.74, 6) is -0.658. The molecule has 176 valence electrons. The van der Waals surface area contributed by atoms with Crippen molar-refractivity contribution in [1.29, 1.82) is 0 Å². The normalized spacial score (nSPS) is 32.8. The Morgan fingerprint density at radius 2 is 2.00 bits per heavy atom. The van der Waals surface area contributed by atoms with E-state index in [1.807, 2.05) is 12.1 Å². The number of carbonyl (C=O) groups is 1. The summed E-state index contributed by atoms with van der Waals surface area (Å²) >= 11 is 15.1. The number of alkyl halides is 1. The lowest BCUT2D eigenvalue weighted by atomic mass is 9.72. The molecule has 0 bridgehead atoms. The Kier molecular flexibility index (Phi) is 5.35. The molecule has 0 spiro atoms. The summed E-state index contributed by atoms with van der Waals surface area (Å²) in [6.07, 6.45) is 5.89. The molecule has 0 amide bonds. The number of nitro benzene ring substituents is 1. The van der Waals surface area contributed by atoms with Crippen LogP contribution in [0.25, 0.3) is 0 Å². The monoisotopic (exact) mass is 516 g/mol. The third-order valence-electron chi connectivity index (χ3n) is 7.86. The van der Waals surface area contributed by atoms with Gasteiger partial charge in [-0.3, -0.25) is 10.1 Å². The number of fused-ring (bicyclic) bond motifs is 4. The van der Waals surface area contributed by atoms with E-state index in [-0.39, 0.29) is 39.0 Å². The number of thioether (sulfide) groups is 1. The number of hydrogen-bond acceptors (Lipinski definition) is 5. The number of nitrogens with zero attached hydrogens (tertiary/aromatic N) is 2. The molecule has 1 fully saturated rings. The van der Waals surface area contributed by atoms with Gasteiger partial charge < -0.3 is 10.0 Å². The Hall–Kier alpha value is -2.22. The first-order valence-corrected chi connectivity index (χ1v) is 13.1. The molecule has 2 aromatic rings. The van der Waals surface area contributed by atoms with Crippen molar-refractivity contribution < 1.29 is 14.8 Å². The van der Waals surface area contributed by atoms with E-state index >= 15 is 0 Å². The van der Waals surface area contributed by atoms with Gasteiger partial charge in [-0.15, -0.1) is 23.4 Å². The van der Waals surface area contributed by atoms with Crippen LogP contribution >= 0.6 is 35.0 Å². The molecule has 2 aliphatic heterocycles.